The Labute approximate surface area is 93.6 Å². The molecule has 0 radical (unpaired) electrons. The van der Waals surface area contributed by atoms with Gasteiger partial charge in [0.25, 0.3) is 0 Å². The van der Waals surface area contributed by atoms with Crippen LogP contribution >= 0.6 is 0 Å². The Kier molecular flexibility index (Phi) is 11.5. The Bertz CT molecular complexity index is 106. The highest BCUT2D eigenvalue weighted by Crippen LogP contribution is 2.01. The smallest absolute Gasteiger partial charge is 0.146 e. The molecule has 0 heterocycles. The third kappa shape index (κ3) is 18.0. The van der Waals surface area contributed by atoms with E-state index in [4.69, 9.17) is 4.43 Å². The predicted octanol–water partition coefficient (Wildman–Crippen LogP) is 1.82. The van der Waals surface area contributed by atoms with Crippen molar-refractivity contribution in [3.63, 3.8) is 0 Å². The summed E-state index contributed by atoms with van der Waals surface area (Å²) in [5.41, 5.74) is 0.103. The molecule has 0 saturated carbocycles. The van der Waals surface area contributed by atoms with Gasteiger partial charge in [-0.3, -0.25) is 0 Å². The molecule has 0 aromatic heterocycles. The Morgan fingerprint density at radius 3 is 1.50 bits per heavy atom. The molecule has 0 aromatic carbocycles. The van der Waals surface area contributed by atoms with E-state index < -0.39 is 0 Å². The summed E-state index contributed by atoms with van der Waals surface area (Å²) in [7, 11) is 3.02. The number of nitrogens with zero attached hydrogens (tertiary/aromatic N) is 1. The third-order valence-corrected chi connectivity index (χ3v) is 3.05. The summed E-state index contributed by atoms with van der Waals surface area (Å²) in [6, 6.07) is 0. The lowest BCUT2D eigenvalue weighted by atomic mass is 10.2. The molecule has 0 aliphatic rings. The van der Waals surface area contributed by atoms with Crippen LogP contribution in [0.15, 0.2) is 0 Å². The van der Waals surface area contributed by atoms with E-state index in [0.29, 0.717) is 0 Å². The quantitative estimate of drug-likeness (QED) is 0.669. The van der Waals surface area contributed by atoms with Crippen molar-refractivity contribution in [2.45, 2.75) is 53.1 Å². The molecule has 0 N–H and O–H groups in total. The van der Waals surface area contributed by atoms with E-state index in [1.54, 1.807) is 0 Å². The fourth-order valence-electron chi connectivity index (χ4n) is 0.875. The van der Waals surface area contributed by atoms with E-state index >= 15 is 0 Å². The third-order valence-electron chi connectivity index (χ3n) is 1.82. The molecule has 0 amide bonds. The molecule has 0 aliphatic carbocycles. The van der Waals surface area contributed by atoms with Crippen molar-refractivity contribution in [3.05, 3.63) is 0 Å². The average molecular weight is 219 g/mol. The molecule has 3 heteroatoms. The van der Waals surface area contributed by atoms with Gasteiger partial charge in [0.05, 0.1) is 0 Å². The molecule has 0 fully saturated rings. The van der Waals surface area contributed by atoms with Crippen LogP contribution in [0.25, 0.3) is 0 Å². The molecule has 0 rings (SSSR count). The molecule has 0 aromatic rings. The minimum Gasteiger partial charge on any atom is -0.423 e. The second-order valence-electron chi connectivity index (χ2n) is 4.62. The van der Waals surface area contributed by atoms with Gasteiger partial charge in [-0.15, -0.1) is 0 Å². The fraction of sp³-hybridized carbons (Fsp3) is 1.00. The summed E-state index contributed by atoms with van der Waals surface area (Å²) < 4.78 is 5.08. The maximum atomic E-state index is 5.08. The van der Waals surface area contributed by atoms with Crippen molar-refractivity contribution in [1.29, 1.82) is 0 Å². The normalized spacial score (nSPS) is 11.4. The van der Waals surface area contributed by atoms with E-state index in [0.717, 1.165) is 10.5 Å². The predicted molar refractivity (Wildman–Crippen MR) is 68.9 cm³/mol. The monoisotopic (exact) mass is 219 g/mol. The Morgan fingerprint density at radius 1 is 1.07 bits per heavy atom. The van der Waals surface area contributed by atoms with E-state index in [-0.39, 0.29) is 5.60 Å². The molecule has 0 atom stereocenters. The Balaban J connectivity index is 0. The summed E-state index contributed by atoms with van der Waals surface area (Å²) in [5, 5.41) is 0. The van der Waals surface area contributed by atoms with E-state index in [9.17, 15) is 0 Å². The first-order chi connectivity index (χ1) is 6.37. The van der Waals surface area contributed by atoms with E-state index in [1.807, 2.05) is 0 Å². The highest BCUT2D eigenvalue weighted by atomic mass is 28.2. The van der Waals surface area contributed by atoms with Crippen LogP contribution in [-0.4, -0.2) is 41.1 Å². The van der Waals surface area contributed by atoms with Crippen molar-refractivity contribution in [3.8, 4) is 0 Å². The minimum atomic E-state index is 0.103. The Hall–Kier alpha value is 0.137. The Morgan fingerprint density at radius 2 is 1.36 bits per heavy atom. The zero-order valence-corrected chi connectivity index (χ0v) is 13.2. The van der Waals surface area contributed by atoms with Crippen LogP contribution in [0.1, 0.15) is 47.5 Å². The molecule has 2 nitrogen and oxygen atoms in total. The largest absolute Gasteiger partial charge is 0.423 e. The van der Waals surface area contributed by atoms with Gasteiger partial charge in [-0.2, -0.15) is 0 Å². The van der Waals surface area contributed by atoms with Gasteiger partial charge in [0.15, 0.2) is 0 Å². The van der Waals surface area contributed by atoms with Crippen LogP contribution in [0.5, 0.6) is 0 Å². The summed E-state index contributed by atoms with van der Waals surface area (Å²) in [6.07, 6.45) is 2.55. The van der Waals surface area contributed by atoms with Gasteiger partial charge in [-0.05, 0) is 53.8 Å². The van der Waals surface area contributed by atoms with Gasteiger partial charge in [0.2, 0.25) is 0 Å². The standard InChI is InChI=1S/C7H17N.C4H12OSi/c1-4-6-8(3)7-5-2;1-4(2,3)5-6/h4-7H2,1-3H3;1-3,6H3. The number of hydrogen-bond acceptors (Lipinski definition) is 2. The van der Waals surface area contributed by atoms with Crippen molar-refractivity contribution in [1.82, 2.24) is 4.90 Å². The van der Waals surface area contributed by atoms with Gasteiger partial charge in [-0.1, -0.05) is 13.8 Å². The molecule has 88 valence electrons. The average Bonchev–Trinajstić information content (AvgIpc) is 2.05. The highest BCUT2D eigenvalue weighted by Gasteiger charge is 2.03. The van der Waals surface area contributed by atoms with Crippen LogP contribution in [0.4, 0.5) is 0 Å². The first-order valence-corrected chi connectivity index (χ1v) is 6.42. The molecule has 0 spiro atoms. The van der Waals surface area contributed by atoms with Gasteiger partial charge < -0.3 is 9.33 Å². The zero-order valence-electron chi connectivity index (χ0n) is 11.2. The minimum absolute atomic E-state index is 0.103. The summed E-state index contributed by atoms with van der Waals surface area (Å²) >= 11 is 0. The maximum absolute atomic E-state index is 5.08. The van der Waals surface area contributed by atoms with Crippen LogP contribution in [0.3, 0.4) is 0 Å². The topological polar surface area (TPSA) is 12.5 Å². The molecule has 0 saturated heterocycles. The van der Waals surface area contributed by atoms with Crippen LogP contribution < -0.4 is 0 Å². The molecule has 0 aliphatic heterocycles. The van der Waals surface area contributed by atoms with Crippen LogP contribution in [-0.2, 0) is 4.43 Å². The van der Waals surface area contributed by atoms with Crippen molar-refractivity contribution in [2.24, 2.45) is 0 Å². The number of rotatable bonds is 4. The lowest BCUT2D eigenvalue weighted by Gasteiger charge is -2.15. The fourth-order valence-corrected chi connectivity index (χ4v) is 0.875. The highest BCUT2D eigenvalue weighted by molar-refractivity contribution is 5.98. The zero-order chi connectivity index (χ0) is 11.6. The van der Waals surface area contributed by atoms with Gasteiger partial charge >= 0.3 is 0 Å². The van der Waals surface area contributed by atoms with Crippen LogP contribution in [0, 0.1) is 0 Å². The van der Waals surface area contributed by atoms with Gasteiger partial charge in [0.1, 0.15) is 10.5 Å². The number of hydrogen-bond donors (Lipinski definition) is 0. The molecular weight excluding hydrogens is 190 g/mol. The van der Waals surface area contributed by atoms with E-state index in [1.165, 1.54) is 25.9 Å². The lowest BCUT2D eigenvalue weighted by Crippen LogP contribution is -2.19. The SMILES string of the molecule is CC(C)(C)O[SiH3].CCCN(C)CCC. The maximum Gasteiger partial charge on any atom is 0.146 e. The van der Waals surface area contributed by atoms with Crippen LogP contribution in [0.2, 0.25) is 0 Å². The molecular formula is C11H29NOSi. The molecule has 0 bridgehead atoms. The van der Waals surface area contributed by atoms with Gasteiger partial charge in [0, 0.05) is 5.60 Å². The second kappa shape index (κ2) is 9.68. The lowest BCUT2D eigenvalue weighted by molar-refractivity contribution is 0.147. The first-order valence-electron chi connectivity index (χ1n) is 5.61. The van der Waals surface area contributed by atoms with Gasteiger partial charge in [-0.25, -0.2) is 0 Å². The summed E-state index contributed by atoms with van der Waals surface area (Å²) in [5.74, 6) is 0. The van der Waals surface area contributed by atoms with Crippen molar-refractivity contribution >= 4 is 10.5 Å². The summed E-state index contributed by atoms with van der Waals surface area (Å²) in [4.78, 5) is 2.36. The first kappa shape index (κ1) is 16.6. The van der Waals surface area contributed by atoms with E-state index in [2.05, 4.69) is 46.6 Å². The van der Waals surface area contributed by atoms with Crippen molar-refractivity contribution in [2.75, 3.05) is 20.1 Å². The molecule has 14 heavy (non-hydrogen) atoms. The summed E-state index contributed by atoms with van der Waals surface area (Å²) in [6.45, 7) is 13.1. The van der Waals surface area contributed by atoms with Crippen molar-refractivity contribution < 1.29 is 4.43 Å². The second-order valence-corrected chi connectivity index (χ2v) is 5.03. The molecule has 0 unspecified atom stereocenters.